The molecule has 8 aliphatic rings. The molecule has 0 radical (unpaired) electrons. The van der Waals surface area contributed by atoms with Crippen LogP contribution in [0, 0.1) is 17.8 Å². The van der Waals surface area contributed by atoms with Crippen molar-refractivity contribution in [2.45, 2.75) is 440 Å². The number of alkyl carbamates (subject to hydrolysis) is 1. The largest absolute Gasteiger partial charge is 0.469 e. The number of hydrogen-bond acceptors (Lipinski definition) is 19. The zero-order valence-corrected chi connectivity index (χ0v) is 90.2. The summed E-state index contributed by atoms with van der Waals surface area (Å²) >= 11 is 0. The summed E-state index contributed by atoms with van der Waals surface area (Å²) in [6, 6.07) is 15.7. The van der Waals surface area contributed by atoms with E-state index in [1.807, 2.05) is 80.6 Å². The molecule has 5 heterocycles. The Labute approximate surface area is 787 Å². The first-order valence-corrected chi connectivity index (χ1v) is 63.3. The topological polar surface area (TPSA) is 211 Å². The van der Waals surface area contributed by atoms with E-state index in [2.05, 4.69) is 219 Å². The summed E-state index contributed by atoms with van der Waals surface area (Å²) in [4.78, 5) is 45.5. The molecule has 1 N–H and O–H groups in total. The standard InChI is InChI=1S/C104H168FNO19Si5/c1-70-49-37-36-39-51-74(105)50-38-34-32-33-35-40-52-75(115-95-93(125-130(30,31)101(17,18)19)90(92(73(4)114-95)124-129(28,29)100(14,15)16)106-96(109)112-69-83-81-55-43-41-53-79(81)80-54-42-44-56-82(80)83)64-86-89(94(108)110-20)87(122-127(24,25)98(8,9)10)68-104(111-21,120-86)67-78-65-85(119-103(118-78)61-47-48-62-103)84(121-126(22,23)97(5,6)7)58-57-76-63-77(117-102(116-76)59-45-46-60-102)66-88(107)113-72(3)71(2)91(70)123-128(26,27)99(11,12)13/h32-44,49-56,70-73,75-78,83-87,89-93,95H,45-48,57-69H2,1-31H3,(H,106,109)/t70-,71-,72-,73+,75-,76+,77+,78-,84+,85+,86-,87-,89-,90-,91+,92+,93-,95-,104+/m0/s1. The van der Waals surface area contributed by atoms with Gasteiger partial charge in [0.25, 0.3) is 0 Å². The van der Waals surface area contributed by atoms with Gasteiger partial charge in [0.1, 0.15) is 30.6 Å². The number of esters is 2. The number of carbonyl (C=O) groups is 3. The number of cyclic esters (lactones) is 1. The minimum Gasteiger partial charge on any atom is -0.469 e. The van der Waals surface area contributed by atoms with Crippen LogP contribution >= 0.6 is 0 Å². The van der Waals surface area contributed by atoms with Gasteiger partial charge in [-0.15, -0.1) is 0 Å². The smallest absolute Gasteiger partial charge is 0.407 e. The number of methoxy groups -OCH3 is 2. The normalized spacial score (nSPS) is 31.4. The number of carbonyl (C=O) groups excluding carboxylic acids is 3. The van der Waals surface area contributed by atoms with Crippen LogP contribution in [0.25, 0.3) is 11.1 Å². The Bertz CT molecular complexity index is 4250. The highest BCUT2D eigenvalue weighted by Crippen LogP contribution is 2.54. The minimum atomic E-state index is -2.91. The average molecular weight is 1900 g/mol. The number of benzene rings is 2. The van der Waals surface area contributed by atoms with Gasteiger partial charge in [0.2, 0.25) is 0 Å². The quantitative estimate of drug-likeness (QED) is 0.0886. The first-order valence-electron chi connectivity index (χ1n) is 48.8. The van der Waals surface area contributed by atoms with E-state index in [1.54, 1.807) is 25.3 Å². The molecule has 5 aliphatic heterocycles. The average Bonchev–Trinajstić information content (AvgIpc) is 1.73. The molecule has 2 saturated carbocycles. The third-order valence-corrected chi connectivity index (χ3v) is 53.9. The monoisotopic (exact) mass is 1890 g/mol. The van der Waals surface area contributed by atoms with Crippen molar-refractivity contribution in [3.8, 4) is 11.1 Å². The van der Waals surface area contributed by atoms with Gasteiger partial charge >= 0.3 is 18.0 Å². The molecule has 1 amide bonds. The lowest BCUT2D eigenvalue weighted by molar-refractivity contribution is -0.355. The molecule has 2 aromatic rings. The molecule has 2 spiro atoms. The molecule has 0 aromatic heterocycles. The lowest BCUT2D eigenvalue weighted by atomic mass is 9.82. The molecule has 6 fully saturated rings. The number of rotatable bonds is 17. The molecule has 10 rings (SSSR count). The van der Waals surface area contributed by atoms with E-state index in [0.29, 0.717) is 38.5 Å². The van der Waals surface area contributed by atoms with Crippen molar-refractivity contribution < 1.29 is 93.0 Å². The summed E-state index contributed by atoms with van der Waals surface area (Å²) in [5.41, 5.74) is 4.39. The van der Waals surface area contributed by atoms with E-state index in [9.17, 15) is 4.79 Å². The van der Waals surface area contributed by atoms with E-state index < -0.39 is 162 Å². The Hall–Kier alpha value is -4.68. The van der Waals surface area contributed by atoms with Crippen LogP contribution < -0.4 is 5.32 Å². The van der Waals surface area contributed by atoms with Crippen LogP contribution in [-0.4, -0.2) is 189 Å². The van der Waals surface area contributed by atoms with Crippen LogP contribution in [0.1, 0.15) is 251 Å². The number of ether oxygens (including phenoxy) is 11. The molecular formula is C104H168FNO19Si5. The maximum Gasteiger partial charge on any atom is 0.407 e. The fourth-order valence-electron chi connectivity index (χ4n) is 18.4. The van der Waals surface area contributed by atoms with Crippen LogP contribution in [0.2, 0.25) is 90.7 Å². The fraction of sp³-hybridized carbons (Fsp3) is 0.721. The second kappa shape index (κ2) is 43.2. The van der Waals surface area contributed by atoms with E-state index in [1.165, 1.54) is 19.3 Å². The van der Waals surface area contributed by atoms with E-state index in [-0.39, 0.29) is 93.4 Å². The van der Waals surface area contributed by atoms with Crippen molar-refractivity contribution in [3.05, 3.63) is 144 Å². The van der Waals surface area contributed by atoms with Gasteiger partial charge in [-0.05, 0) is 183 Å². The molecule has 3 aliphatic carbocycles. The van der Waals surface area contributed by atoms with E-state index in [0.717, 1.165) is 60.8 Å². The highest BCUT2D eigenvalue weighted by molar-refractivity contribution is 6.76. The minimum absolute atomic E-state index is 0.0150. The number of nitrogens with one attached hydrogen (secondary N) is 1. The predicted molar refractivity (Wildman–Crippen MR) is 528 cm³/mol. The van der Waals surface area contributed by atoms with Crippen LogP contribution in [0.4, 0.5) is 9.18 Å². The molecular weight excluding hydrogens is 1730 g/mol. The molecule has 4 saturated heterocycles. The molecule has 19 atom stereocenters. The van der Waals surface area contributed by atoms with Crippen molar-refractivity contribution in [2.24, 2.45) is 17.8 Å². The van der Waals surface area contributed by atoms with E-state index >= 15 is 14.0 Å². The molecule has 26 heteroatoms. The highest BCUT2D eigenvalue weighted by atomic mass is 28.4. The van der Waals surface area contributed by atoms with Gasteiger partial charge in [-0.3, -0.25) is 9.59 Å². The lowest BCUT2D eigenvalue weighted by Gasteiger charge is -2.53. The summed E-state index contributed by atoms with van der Waals surface area (Å²) < 4.78 is 132. The summed E-state index contributed by atoms with van der Waals surface area (Å²) in [5.74, 6) is -6.12. The van der Waals surface area contributed by atoms with Gasteiger partial charge < -0.3 is 79.6 Å². The first kappa shape index (κ1) is 107. The fourth-order valence-corrected chi connectivity index (χ4v) is 25.3. The maximum atomic E-state index is 15.7. The SMILES string of the molecule is COC(=O)[C@H]1[C@@H]2C[C@@H](O[C@@H]3O[C@H](C)[C@@H](O[Si](C)(C)C(C)(C)C)[C@H](NC(=O)OCC4c5ccccc5-c5ccccc54)[C@@H]3O[Si](C)(C)C(C)(C)C)C=CC=CC=CC=CC(F)=CC=CC=C[C@H](C)[C@@H](O[Si](C)(C)C(C)(C)C)[C@@H](C)[C@H](C)OC(=O)C[C@H]3C[C@@H](CC[C@@H](O[Si](C)(C)C(C)(C)C)[C@H]4C[C@@H](C[C@](OC)(C[C@@H]1O[Si](C)(C)C(C)(C)C)O2)OC1(CCCC1)O4)OC1(CCCC1)O3. The summed E-state index contributed by atoms with van der Waals surface area (Å²) in [5, 5.41) is 2.20. The summed E-state index contributed by atoms with van der Waals surface area (Å²) in [7, 11) is -10.3. The van der Waals surface area contributed by atoms with Crippen LogP contribution in [0.5, 0.6) is 0 Å². The molecule has 730 valence electrons. The van der Waals surface area contributed by atoms with Crippen LogP contribution in [0.3, 0.4) is 0 Å². The third kappa shape index (κ3) is 26.8. The molecule has 20 nitrogen and oxygen atoms in total. The second-order valence-electron chi connectivity index (χ2n) is 46.3. The van der Waals surface area contributed by atoms with Crippen molar-refractivity contribution in [3.63, 3.8) is 0 Å². The Kier molecular flexibility index (Phi) is 35.6. The highest BCUT2D eigenvalue weighted by Gasteiger charge is 2.60. The number of halogens is 1. The molecule has 130 heavy (non-hydrogen) atoms. The Morgan fingerprint density at radius 3 is 1.55 bits per heavy atom. The number of allylic oxidation sites excluding steroid dienone is 12. The number of hydrogen-bond donors (Lipinski definition) is 1. The zero-order valence-electron chi connectivity index (χ0n) is 85.2. The van der Waals surface area contributed by atoms with Crippen molar-refractivity contribution in [1.82, 2.24) is 5.32 Å². The van der Waals surface area contributed by atoms with Gasteiger partial charge in [-0.1, -0.05) is 233 Å². The van der Waals surface area contributed by atoms with Crippen LogP contribution in [0.15, 0.2) is 133 Å². The number of amides is 1. The van der Waals surface area contributed by atoms with Gasteiger partial charge in [0, 0.05) is 76.7 Å². The van der Waals surface area contributed by atoms with Gasteiger partial charge in [-0.25, -0.2) is 9.18 Å². The molecule has 6 bridgehead atoms. The third-order valence-electron chi connectivity index (χ3n) is 31.4. The van der Waals surface area contributed by atoms with Crippen molar-refractivity contribution in [1.29, 1.82) is 0 Å². The molecule has 0 unspecified atom stereocenters. The van der Waals surface area contributed by atoms with Crippen molar-refractivity contribution >= 4 is 59.6 Å². The number of fused-ring (bicyclic) bond motifs is 9. The second-order valence-corrected chi connectivity index (χ2v) is 70.1. The molecule has 2 aromatic carbocycles. The van der Waals surface area contributed by atoms with E-state index in [4.69, 9.17) is 74.2 Å². The zero-order chi connectivity index (χ0) is 96.0. The predicted octanol–water partition coefficient (Wildman–Crippen LogP) is 25.1. The maximum absolute atomic E-state index is 15.7. The summed E-state index contributed by atoms with van der Waals surface area (Å²) in [6.07, 6.45) is 22.0. The lowest BCUT2D eigenvalue weighted by Crippen LogP contribution is -2.69. The van der Waals surface area contributed by atoms with Gasteiger partial charge in [0.15, 0.2) is 65.2 Å². The first-order chi connectivity index (χ1) is 60.4. The Morgan fingerprint density at radius 1 is 0.508 bits per heavy atom. The van der Waals surface area contributed by atoms with Crippen LogP contribution in [-0.2, 0) is 83.8 Å². The Morgan fingerprint density at radius 2 is 0.992 bits per heavy atom. The van der Waals surface area contributed by atoms with Crippen molar-refractivity contribution in [2.75, 3.05) is 20.8 Å². The summed E-state index contributed by atoms with van der Waals surface area (Å²) in [6.45, 7) is 63.8. The van der Waals surface area contributed by atoms with Gasteiger partial charge in [0.05, 0.1) is 86.7 Å². The van der Waals surface area contributed by atoms with Gasteiger partial charge in [-0.2, -0.15) is 0 Å². The Balaban J connectivity index is 1.09.